The van der Waals surface area contributed by atoms with E-state index < -0.39 is 0 Å². The SMILES string of the molecule is CC(O)C1CCN(Cc2cccc(C(N)=S)c2)CC1. The molecule has 1 aliphatic rings. The minimum atomic E-state index is -0.180. The Morgan fingerprint density at radius 3 is 2.74 bits per heavy atom. The third-order valence-corrected chi connectivity index (χ3v) is 4.17. The average molecular weight is 278 g/mol. The van der Waals surface area contributed by atoms with Gasteiger partial charge in [-0.1, -0.05) is 30.4 Å². The molecule has 0 saturated carbocycles. The lowest BCUT2D eigenvalue weighted by atomic mass is 9.92. The molecule has 1 heterocycles. The standard InChI is InChI=1S/C15H22N2OS/c1-11(18)13-5-7-17(8-6-13)10-12-3-2-4-14(9-12)15(16)19/h2-4,9,11,13,18H,5-8,10H2,1H3,(H2,16,19). The second kappa shape index (κ2) is 6.46. The van der Waals surface area contributed by atoms with Crippen LogP contribution in [0, 0.1) is 5.92 Å². The minimum absolute atomic E-state index is 0.180. The van der Waals surface area contributed by atoms with Crippen molar-refractivity contribution in [2.75, 3.05) is 13.1 Å². The van der Waals surface area contributed by atoms with Crippen molar-refractivity contribution in [3.63, 3.8) is 0 Å². The molecule has 1 saturated heterocycles. The van der Waals surface area contributed by atoms with E-state index >= 15 is 0 Å². The number of benzene rings is 1. The molecule has 3 nitrogen and oxygen atoms in total. The fourth-order valence-corrected chi connectivity index (χ4v) is 2.80. The summed E-state index contributed by atoms with van der Waals surface area (Å²) >= 11 is 5.01. The van der Waals surface area contributed by atoms with Crippen molar-refractivity contribution in [3.8, 4) is 0 Å². The largest absolute Gasteiger partial charge is 0.393 e. The summed E-state index contributed by atoms with van der Waals surface area (Å²) in [6.07, 6.45) is 1.97. The molecule has 1 aromatic carbocycles. The number of nitrogens with two attached hydrogens (primary N) is 1. The number of aliphatic hydroxyl groups is 1. The Bertz CT molecular complexity index is 440. The van der Waals surface area contributed by atoms with Gasteiger partial charge in [-0.2, -0.15) is 0 Å². The van der Waals surface area contributed by atoms with Crippen LogP contribution in [0.25, 0.3) is 0 Å². The third kappa shape index (κ3) is 4.00. The number of likely N-dealkylation sites (tertiary alicyclic amines) is 1. The zero-order valence-electron chi connectivity index (χ0n) is 11.4. The number of piperidine rings is 1. The summed E-state index contributed by atoms with van der Waals surface area (Å²) in [5, 5.41) is 9.60. The van der Waals surface area contributed by atoms with Gasteiger partial charge < -0.3 is 10.8 Å². The smallest absolute Gasteiger partial charge is 0.103 e. The van der Waals surface area contributed by atoms with Gasteiger partial charge in [-0.25, -0.2) is 0 Å². The highest BCUT2D eigenvalue weighted by atomic mass is 32.1. The van der Waals surface area contributed by atoms with Crippen molar-refractivity contribution in [1.82, 2.24) is 4.90 Å². The molecule has 4 heteroatoms. The van der Waals surface area contributed by atoms with Gasteiger partial charge in [0.25, 0.3) is 0 Å². The van der Waals surface area contributed by atoms with Crippen LogP contribution in [0.5, 0.6) is 0 Å². The topological polar surface area (TPSA) is 49.5 Å². The predicted molar refractivity (Wildman–Crippen MR) is 82.0 cm³/mol. The van der Waals surface area contributed by atoms with Crippen LogP contribution in [0.15, 0.2) is 24.3 Å². The van der Waals surface area contributed by atoms with Crippen molar-refractivity contribution in [2.45, 2.75) is 32.4 Å². The lowest BCUT2D eigenvalue weighted by Crippen LogP contribution is -2.36. The number of thiocarbonyl (C=S) groups is 1. The Morgan fingerprint density at radius 1 is 1.47 bits per heavy atom. The molecule has 1 aliphatic heterocycles. The van der Waals surface area contributed by atoms with Crippen LogP contribution >= 0.6 is 12.2 Å². The van der Waals surface area contributed by atoms with Crippen LogP contribution in [0.2, 0.25) is 0 Å². The van der Waals surface area contributed by atoms with E-state index in [1.165, 1.54) is 5.56 Å². The number of aliphatic hydroxyl groups excluding tert-OH is 1. The zero-order chi connectivity index (χ0) is 13.8. The highest BCUT2D eigenvalue weighted by molar-refractivity contribution is 7.80. The third-order valence-electron chi connectivity index (χ3n) is 3.93. The molecule has 1 aromatic rings. The number of hydrogen-bond donors (Lipinski definition) is 2. The van der Waals surface area contributed by atoms with Crippen LogP contribution in [0.3, 0.4) is 0 Å². The first kappa shape index (κ1) is 14.4. The second-order valence-electron chi connectivity index (χ2n) is 5.42. The zero-order valence-corrected chi connectivity index (χ0v) is 12.2. The fourth-order valence-electron chi connectivity index (χ4n) is 2.67. The molecule has 0 aliphatic carbocycles. The van der Waals surface area contributed by atoms with Crippen LogP contribution in [-0.4, -0.2) is 34.2 Å². The fraction of sp³-hybridized carbons (Fsp3) is 0.533. The van der Waals surface area contributed by atoms with Gasteiger partial charge in [-0.15, -0.1) is 0 Å². The van der Waals surface area contributed by atoms with Gasteiger partial charge in [-0.3, -0.25) is 4.90 Å². The molecule has 1 atom stereocenters. The lowest BCUT2D eigenvalue weighted by Gasteiger charge is -2.33. The monoisotopic (exact) mass is 278 g/mol. The maximum absolute atomic E-state index is 9.60. The Labute approximate surface area is 120 Å². The number of hydrogen-bond acceptors (Lipinski definition) is 3. The molecule has 1 unspecified atom stereocenters. The molecular weight excluding hydrogens is 256 g/mol. The molecule has 1 fully saturated rings. The van der Waals surface area contributed by atoms with Gasteiger partial charge in [0, 0.05) is 12.1 Å². The average Bonchev–Trinajstić information content (AvgIpc) is 2.39. The van der Waals surface area contributed by atoms with E-state index in [1.54, 1.807) is 0 Å². The molecule has 0 spiro atoms. The molecule has 0 radical (unpaired) electrons. The Balaban J connectivity index is 1.92. The number of nitrogens with zero attached hydrogens (tertiary/aromatic N) is 1. The van der Waals surface area contributed by atoms with Crippen molar-refractivity contribution in [2.24, 2.45) is 11.7 Å². The van der Waals surface area contributed by atoms with Crippen LogP contribution in [0.4, 0.5) is 0 Å². The Morgan fingerprint density at radius 2 is 2.16 bits per heavy atom. The first-order valence-corrected chi connectivity index (χ1v) is 7.26. The van der Waals surface area contributed by atoms with E-state index in [9.17, 15) is 5.11 Å². The molecule has 104 valence electrons. The van der Waals surface area contributed by atoms with E-state index in [0.29, 0.717) is 10.9 Å². The molecule has 19 heavy (non-hydrogen) atoms. The van der Waals surface area contributed by atoms with E-state index in [0.717, 1.165) is 38.0 Å². The van der Waals surface area contributed by atoms with E-state index in [2.05, 4.69) is 17.0 Å². The normalized spacial score (nSPS) is 19.3. The summed E-state index contributed by atoms with van der Waals surface area (Å²) in [5.74, 6) is 0.458. The lowest BCUT2D eigenvalue weighted by molar-refractivity contribution is 0.0695. The highest BCUT2D eigenvalue weighted by Gasteiger charge is 2.22. The first-order valence-electron chi connectivity index (χ1n) is 6.85. The van der Waals surface area contributed by atoms with Gasteiger partial charge in [-0.05, 0) is 50.4 Å². The molecular formula is C15H22N2OS. The van der Waals surface area contributed by atoms with Gasteiger partial charge in [0.05, 0.1) is 6.10 Å². The summed E-state index contributed by atoms with van der Waals surface area (Å²) in [6, 6.07) is 8.14. The Kier molecular flexibility index (Phi) is 4.91. The number of rotatable bonds is 4. The molecule has 0 bridgehead atoms. The summed E-state index contributed by atoms with van der Waals surface area (Å²) in [7, 11) is 0. The van der Waals surface area contributed by atoms with Crippen LogP contribution in [-0.2, 0) is 6.54 Å². The second-order valence-corrected chi connectivity index (χ2v) is 5.86. The van der Waals surface area contributed by atoms with Crippen molar-refractivity contribution >= 4 is 17.2 Å². The Hall–Kier alpha value is -0.970. The van der Waals surface area contributed by atoms with E-state index in [-0.39, 0.29) is 6.10 Å². The van der Waals surface area contributed by atoms with Gasteiger partial charge in [0.1, 0.15) is 4.99 Å². The summed E-state index contributed by atoms with van der Waals surface area (Å²) in [5.41, 5.74) is 7.84. The molecule has 2 rings (SSSR count). The van der Waals surface area contributed by atoms with Crippen LogP contribution < -0.4 is 5.73 Å². The minimum Gasteiger partial charge on any atom is -0.393 e. The van der Waals surface area contributed by atoms with Gasteiger partial charge in [0.2, 0.25) is 0 Å². The summed E-state index contributed by atoms with van der Waals surface area (Å²) in [6.45, 7) is 4.93. The quantitative estimate of drug-likeness (QED) is 0.826. The maximum atomic E-state index is 9.60. The molecule has 0 aromatic heterocycles. The van der Waals surface area contributed by atoms with Crippen LogP contribution in [0.1, 0.15) is 30.9 Å². The molecule has 0 amide bonds. The van der Waals surface area contributed by atoms with Gasteiger partial charge >= 0.3 is 0 Å². The summed E-state index contributed by atoms with van der Waals surface area (Å²) in [4.78, 5) is 2.88. The van der Waals surface area contributed by atoms with Crippen molar-refractivity contribution in [1.29, 1.82) is 0 Å². The van der Waals surface area contributed by atoms with E-state index in [1.807, 2.05) is 19.1 Å². The molecule has 3 N–H and O–H groups in total. The highest BCUT2D eigenvalue weighted by Crippen LogP contribution is 2.22. The maximum Gasteiger partial charge on any atom is 0.103 e. The predicted octanol–water partition coefficient (Wildman–Crippen LogP) is 1.91. The van der Waals surface area contributed by atoms with Gasteiger partial charge in [0.15, 0.2) is 0 Å². The summed E-state index contributed by atoms with van der Waals surface area (Å²) < 4.78 is 0. The van der Waals surface area contributed by atoms with E-state index in [4.69, 9.17) is 18.0 Å². The first-order chi connectivity index (χ1) is 9.06. The van der Waals surface area contributed by atoms with Crippen molar-refractivity contribution < 1.29 is 5.11 Å². The van der Waals surface area contributed by atoms with Crippen molar-refractivity contribution in [3.05, 3.63) is 35.4 Å².